The fraction of sp³-hybridized carbons (Fsp3) is 0.294. The molecule has 0 aromatic carbocycles. The standard InChI is InChI=1S/C17H20N6O2/c1-17(2,3)25-16(24)22(4)11-5-6-14-20-9-13(23(14)10-11)12-7-8-19-15(18)21-12/h5-10H,1-4H3,(H2,18,19,21). The van der Waals surface area contributed by atoms with Crippen molar-refractivity contribution in [1.29, 1.82) is 0 Å². The lowest BCUT2D eigenvalue weighted by atomic mass is 10.2. The normalized spacial score (nSPS) is 11.5. The Morgan fingerprint density at radius 1 is 1.24 bits per heavy atom. The van der Waals surface area contributed by atoms with Crippen LogP contribution in [0.5, 0.6) is 0 Å². The molecule has 0 bridgehead atoms. The molecule has 130 valence electrons. The topological polar surface area (TPSA) is 98.6 Å². The van der Waals surface area contributed by atoms with Crippen LogP contribution < -0.4 is 10.6 Å². The van der Waals surface area contributed by atoms with Crippen LogP contribution in [0.15, 0.2) is 36.8 Å². The van der Waals surface area contributed by atoms with Gasteiger partial charge in [-0.2, -0.15) is 0 Å². The Kier molecular flexibility index (Phi) is 4.03. The third-order valence-corrected chi connectivity index (χ3v) is 3.48. The number of anilines is 2. The maximum absolute atomic E-state index is 12.3. The molecule has 0 radical (unpaired) electrons. The third-order valence-electron chi connectivity index (χ3n) is 3.48. The van der Waals surface area contributed by atoms with Crippen LogP contribution in [-0.2, 0) is 4.74 Å². The minimum Gasteiger partial charge on any atom is -0.443 e. The van der Waals surface area contributed by atoms with Gasteiger partial charge in [-0.1, -0.05) is 0 Å². The summed E-state index contributed by atoms with van der Waals surface area (Å²) in [6.07, 6.45) is 4.67. The molecule has 25 heavy (non-hydrogen) atoms. The second kappa shape index (κ2) is 6.04. The summed E-state index contributed by atoms with van der Waals surface area (Å²) >= 11 is 0. The number of pyridine rings is 1. The van der Waals surface area contributed by atoms with E-state index in [9.17, 15) is 4.79 Å². The fourth-order valence-electron chi connectivity index (χ4n) is 2.31. The number of aromatic nitrogens is 4. The maximum atomic E-state index is 12.3. The van der Waals surface area contributed by atoms with E-state index in [1.807, 2.05) is 37.3 Å². The van der Waals surface area contributed by atoms with Crippen LogP contribution in [0.3, 0.4) is 0 Å². The monoisotopic (exact) mass is 340 g/mol. The van der Waals surface area contributed by atoms with Crippen molar-refractivity contribution in [2.45, 2.75) is 26.4 Å². The van der Waals surface area contributed by atoms with E-state index >= 15 is 0 Å². The molecule has 0 atom stereocenters. The van der Waals surface area contributed by atoms with Crippen LogP contribution in [0, 0.1) is 0 Å². The predicted octanol–water partition coefficient (Wildman–Crippen LogP) is 2.74. The number of rotatable bonds is 2. The van der Waals surface area contributed by atoms with Gasteiger partial charge in [0.05, 0.1) is 23.3 Å². The zero-order valence-corrected chi connectivity index (χ0v) is 14.6. The van der Waals surface area contributed by atoms with Gasteiger partial charge in [-0.15, -0.1) is 0 Å². The number of nitrogens with zero attached hydrogens (tertiary/aromatic N) is 5. The van der Waals surface area contributed by atoms with Gasteiger partial charge in [0.15, 0.2) is 0 Å². The van der Waals surface area contributed by atoms with E-state index in [4.69, 9.17) is 10.5 Å². The fourth-order valence-corrected chi connectivity index (χ4v) is 2.31. The Morgan fingerprint density at radius 2 is 2.00 bits per heavy atom. The van der Waals surface area contributed by atoms with Gasteiger partial charge in [0, 0.05) is 19.4 Å². The van der Waals surface area contributed by atoms with Crippen molar-refractivity contribution in [3.8, 4) is 11.4 Å². The molecule has 8 nitrogen and oxygen atoms in total. The van der Waals surface area contributed by atoms with Gasteiger partial charge in [-0.25, -0.2) is 19.7 Å². The van der Waals surface area contributed by atoms with Crippen LogP contribution in [-0.4, -0.2) is 38.1 Å². The van der Waals surface area contributed by atoms with Crippen LogP contribution in [0.25, 0.3) is 17.0 Å². The Morgan fingerprint density at radius 3 is 2.68 bits per heavy atom. The first-order chi connectivity index (χ1) is 11.7. The van der Waals surface area contributed by atoms with Crippen molar-refractivity contribution >= 4 is 23.4 Å². The van der Waals surface area contributed by atoms with Gasteiger partial charge < -0.3 is 10.5 Å². The molecule has 0 unspecified atom stereocenters. The highest BCUT2D eigenvalue weighted by molar-refractivity contribution is 5.87. The Balaban J connectivity index is 1.99. The van der Waals surface area contributed by atoms with Crippen LogP contribution in [0.2, 0.25) is 0 Å². The zero-order valence-electron chi connectivity index (χ0n) is 14.6. The molecule has 0 aliphatic heterocycles. The first kappa shape index (κ1) is 16.7. The van der Waals surface area contributed by atoms with Gasteiger partial charge in [0.2, 0.25) is 5.95 Å². The minimum atomic E-state index is -0.561. The molecule has 0 spiro atoms. The highest BCUT2D eigenvalue weighted by Gasteiger charge is 2.21. The van der Waals surface area contributed by atoms with Crippen molar-refractivity contribution in [3.05, 3.63) is 36.8 Å². The van der Waals surface area contributed by atoms with E-state index in [0.29, 0.717) is 11.4 Å². The second-order valence-electron chi connectivity index (χ2n) is 6.60. The van der Waals surface area contributed by atoms with Crippen molar-refractivity contribution < 1.29 is 9.53 Å². The quantitative estimate of drug-likeness (QED) is 0.770. The highest BCUT2D eigenvalue weighted by atomic mass is 16.6. The van der Waals surface area contributed by atoms with Crippen molar-refractivity contribution in [3.63, 3.8) is 0 Å². The summed E-state index contributed by atoms with van der Waals surface area (Å²) in [5, 5.41) is 0. The van der Waals surface area contributed by atoms with Crippen LogP contribution in [0.4, 0.5) is 16.4 Å². The molecule has 0 saturated heterocycles. The Hall–Kier alpha value is -3.16. The lowest BCUT2D eigenvalue weighted by molar-refractivity contribution is 0.0589. The molecule has 0 aliphatic rings. The number of carbonyl (C=O) groups excluding carboxylic acids is 1. The molecular formula is C17H20N6O2. The molecule has 8 heteroatoms. The predicted molar refractivity (Wildman–Crippen MR) is 95.3 cm³/mol. The number of nitrogens with two attached hydrogens (primary N) is 1. The summed E-state index contributed by atoms with van der Waals surface area (Å²) in [6, 6.07) is 5.39. The SMILES string of the molecule is CN(C(=O)OC(C)(C)C)c1ccc2ncc(-c3ccnc(N)n3)n2c1. The van der Waals surface area contributed by atoms with Crippen LogP contribution >= 0.6 is 0 Å². The highest BCUT2D eigenvalue weighted by Crippen LogP contribution is 2.23. The molecule has 0 aliphatic carbocycles. The number of carbonyl (C=O) groups is 1. The summed E-state index contributed by atoms with van der Waals surface area (Å²) in [5.41, 5.74) is 7.91. The Labute approximate surface area is 145 Å². The minimum absolute atomic E-state index is 0.189. The summed E-state index contributed by atoms with van der Waals surface area (Å²) in [6.45, 7) is 5.49. The molecule has 3 aromatic heterocycles. The number of imidazole rings is 1. The maximum Gasteiger partial charge on any atom is 0.414 e. The smallest absolute Gasteiger partial charge is 0.414 e. The summed E-state index contributed by atoms with van der Waals surface area (Å²) < 4.78 is 7.25. The number of nitrogen functional groups attached to an aromatic ring is 1. The van der Waals surface area contributed by atoms with E-state index in [1.54, 1.807) is 31.7 Å². The number of hydrogen-bond acceptors (Lipinski definition) is 6. The number of fused-ring (bicyclic) bond motifs is 1. The number of ether oxygens (including phenoxy) is 1. The lowest BCUT2D eigenvalue weighted by Gasteiger charge is -2.24. The molecule has 3 aromatic rings. The van der Waals surface area contributed by atoms with Gasteiger partial charge in [-0.3, -0.25) is 9.30 Å². The van der Waals surface area contributed by atoms with E-state index in [-0.39, 0.29) is 5.95 Å². The largest absolute Gasteiger partial charge is 0.443 e. The van der Waals surface area contributed by atoms with E-state index < -0.39 is 11.7 Å². The second-order valence-corrected chi connectivity index (χ2v) is 6.60. The molecule has 1 amide bonds. The molecule has 0 fully saturated rings. The summed E-state index contributed by atoms with van der Waals surface area (Å²) in [5.74, 6) is 0.189. The van der Waals surface area contributed by atoms with Crippen LogP contribution in [0.1, 0.15) is 20.8 Å². The van der Waals surface area contributed by atoms with Gasteiger partial charge in [0.25, 0.3) is 0 Å². The Bertz CT molecular complexity index is 928. The number of amides is 1. The molecule has 0 saturated carbocycles. The third kappa shape index (κ3) is 3.52. The van der Waals surface area contributed by atoms with Gasteiger partial charge >= 0.3 is 6.09 Å². The first-order valence-corrected chi connectivity index (χ1v) is 7.77. The average Bonchev–Trinajstić information content (AvgIpc) is 2.95. The van der Waals surface area contributed by atoms with Crippen molar-refractivity contribution in [2.75, 3.05) is 17.7 Å². The van der Waals surface area contributed by atoms with Crippen molar-refractivity contribution in [2.24, 2.45) is 0 Å². The zero-order chi connectivity index (χ0) is 18.2. The van der Waals surface area contributed by atoms with E-state index in [2.05, 4.69) is 15.0 Å². The summed E-state index contributed by atoms with van der Waals surface area (Å²) in [4.78, 5) is 26.2. The van der Waals surface area contributed by atoms with E-state index in [1.165, 1.54) is 4.90 Å². The molecule has 2 N–H and O–H groups in total. The lowest BCUT2D eigenvalue weighted by Crippen LogP contribution is -2.34. The first-order valence-electron chi connectivity index (χ1n) is 7.77. The van der Waals surface area contributed by atoms with Gasteiger partial charge in [-0.05, 0) is 39.0 Å². The van der Waals surface area contributed by atoms with E-state index in [0.717, 1.165) is 11.3 Å². The number of hydrogen-bond donors (Lipinski definition) is 1. The average molecular weight is 340 g/mol. The molecule has 3 heterocycles. The summed E-state index contributed by atoms with van der Waals surface area (Å²) in [7, 11) is 1.66. The van der Waals surface area contributed by atoms with Gasteiger partial charge in [0.1, 0.15) is 11.2 Å². The van der Waals surface area contributed by atoms with Crippen molar-refractivity contribution in [1.82, 2.24) is 19.4 Å². The molecular weight excluding hydrogens is 320 g/mol. The molecule has 3 rings (SSSR count).